The highest BCUT2D eigenvalue weighted by Crippen LogP contribution is 2.26. The van der Waals surface area contributed by atoms with Crippen LogP contribution >= 0.6 is 0 Å². The van der Waals surface area contributed by atoms with Crippen molar-refractivity contribution >= 4 is 5.82 Å². The van der Waals surface area contributed by atoms with Crippen LogP contribution in [0.4, 0.5) is 5.82 Å². The van der Waals surface area contributed by atoms with Crippen LogP contribution in [0.3, 0.4) is 0 Å². The van der Waals surface area contributed by atoms with Crippen LogP contribution in [0.25, 0.3) is 0 Å². The van der Waals surface area contributed by atoms with Crippen molar-refractivity contribution in [3.63, 3.8) is 0 Å². The van der Waals surface area contributed by atoms with Gasteiger partial charge in [-0.2, -0.15) is 5.10 Å². The van der Waals surface area contributed by atoms with Gasteiger partial charge in [-0.1, -0.05) is 27.7 Å². The Bertz CT molecular complexity index is 386. The Morgan fingerprint density at radius 1 is 1.26 bits per heavy atom. The normalized spacial score (nSPS) is 19.7. The maximum absolute atomic E-state index is 4.37. The van der Waals surface area contributed by atoms with Crippen molar-refractivity contribution in [2.75, 3.05) is 18.0 Å². The summed E-state index contributed by atoms with van der Waals surface area (Å²) in [5.41, 5.74) is 1.01. The van der Waals surface area contributed by atoms with E-state index in [-0.39, 0.29) is 0 Å². The zero-order valence-corrected chi connectivity index (χ0v) is 12.6. The molecule has 1 aromatic rings. The highest BCUT2D eigenvalue weighted by Gasteiger charge is 2.25. The number of hydrogen-bond donors (Lipinski definition) is 1. The predicted octanol–water partition coefficient (Wildman–Crippen LogP) is 2.46. The maximum atomic E-state index is 4.37. The standard InChI is InChI=1S/C15H26N4/c1-11(2)13-7-8-19(10-13)15-6-5-14(17-18-15)9-16-12(3)4/h5-6,11-13,16H,7-10H2,1-4H3. The minimum Gasteiger partial charge on any atom is -0.355 e. The van der Waals surface area contributed by atoms with Crippen molar-refractivity contribution in [2.45, 2.75) is 46.7 Å². The van der Waals surface area contributed by atoms with E-state index in [0.29, 0.717) is 6.04 Å². The topological polar surface area (TPSA) is 41.0 Å². The van der Waals surface area contributed by atoms with Crippen molar-refractivity contribution in [3.8, 4) is 0 Å². The van der Waals surface area contributed by atoms with E-state index in [4.69, 9.17) is 0 Å². The van der Waals surface area contributed by atoms with E-state index in [2.05, 4.69) is 60.2 Å². The first kappa shape index (κ1) is 14.3. The molecule has 1 aromatic heterocycles. The number of aromatic nitrogens is 2. The van der Waals surface area contributed by atoms with Crippen molar-refractivity contribution in [1.82, 2.24) is 15.5 Å². The summed E-state index contributed by atoms with van der Waals surface area (Å²) >= 11 is 0. The lowest BCUT2D eigenvalue weighted by Gasteiger charge is -2.18. The molecule has 19 heavy (non-hydrogen) atoms. The summed E-state index contributed by atoms with van der Waals surface area (Å²) in [6.45, 7) is 11.9. The molecule has 4 nitrogen and oxygen atoms in total. The largest absolute Gasteiger partial charge is 0.355 e. The number of anilines is 1. The van der Waals surface area contributed by atoms with Crippen LogP contribution in [0.5, 0.6) is 0 Å². The Labute approximate surface area is 116 Å². The molecule has 2 rings (SSSR count). The summed E-state index contributed by atoms with van der Waals surface area (Å²) in [7, 11) is 0. The van der Waals surface area contributed by atoms with Crippen LogP contribution < -0.4 is 10.2 Å². The molecule has 1 aliphatic rings. The van der Waals surface area contributed by atoms with Crippen LogP contribution in [0.15, 0.2) is 12.1 Å². The third-order valence-electron chi connectivity index (χ3n) is 3.89. The highest BCUT2D eigenvalue weighted by molar-refractivity contribution is 5.38. The number of hydrogen-bond acceptors (Lipinski definition) is 4. The Balaban J connectivity index is 1.92. The molecule has 0 aromatic carbocycles. The van der Waals surface area contributed by atoms with E-state index in [1.54, 1.807) is 0 Å². The first-order valence-electron chi connectivity index (χ1n) is 7.37. The lowest BCUT2D eigenvalue weighted by Crippen LogP contribution is -2.24. The minimum absolute atomic E-state index is 0.479. The third-order valence-corrected chi connectivity index (χ3v) is 3.89. The molecule has 1 aliphatic heterocycles. The second kappa shape index (κ2) is 6.33. The molecular weight excluding hydrogens is 236 g/mol. The summed E-state index contributed by atoms with van der Waals surface area (Å²) in [4.78, 5) is 2.36. The molecule has 0 amide bonds. The summed E-state index contributed by atoms with van der Waals surface area (Å²) in [6.07, 6.45) is 1.27. The predicted molar refractivity (Wildman–Crippen MR) is 79.2 cm³/mol. The van der Waals surface area contributed by atoms with E-state index in [1.165, 1.54) is 6.42 Å². The number of nitrogens with one attached hydrogen (secondary N) is 1. The van der Waals surface area contributed by atoms with Crippen molar-refractivity contribution in [3.05, 3.63) is 17.8 Å². The second-order valence-corrected chi connectivity index (χ2v) is 6.16. The Morgan fingerprint density at radius 3 is 2.58 bits per heavy atom. The molecule has 4 heteroatoms. The lowest BCUT2D eigenvalue weighted by atomic mass is 9.95. The van der Waals surface area contributed by atoms with Gasteiger partial charge in [-0.15, -0.1) is 5.10 Å². The van der Waals surface area contributed by atoms with Crippen molar-refractivity contribution in [2.24, 2.45) is 11.8 Å². The van der Waals surface area contributed by atoms with Gasteiger partial charge in [0.15, 0.2) is 5.82 Å². The zero-order valence-electron chi connectivity index (χ0n) is 12.6. The molecule has 0 spiro atoms. The highest BCUT2D eigenvalue weighted by atomic mass is 15.3. The van der Waals surface area contributed by atoms with Crippen LogP contribution in [0.1, 0.15) is 39.8 Å². The third kappa shape index (κ3) is 3.90. The summed E-state index contributed by atoms with van der Waals surface area (Å²) < 4.78 is 0. The summed E-state index contributed by atoms with van der Waals surface area (Å²) in [5.74, 6) is 2.58. The Morgan fingerprint density at radius 2 is 2.05 bits per heavy atom. The number of nitrogens with zero attached hydrogens (tertiary/aromatic N) is 3. The summed E-state index contributed by atoms with van der Waals surface area (Å²) in [5, 5.41) is 12.0. The van der Waals surface area contributed by atoms with E-state index < -0.39 is 0 Å². The van der Waals surface area contributed by atoms with Crippen molar-refractivity contribution < 1.29 is 0 Å². The van der Waals surface area contributed by atoms with Gasteiger partial charge in [0.2, 0.25) is 0 Å². The van der Waals surface area contributed by atoms with Gasteiger partial charge in [-0.3, -0.25) is 0 Å². The minimum atomic E-state index is 0.479. The van der Waals surface area contributed by atoms with E-state index in [0.717, 1.165) is 43.0 Å². The molecular formula is C15H26N4. The first-order chi connectivity index (χ1) is 9.06. The SMILES string of the molecule is CC(C)NCc1ccc(N2CCC(C(C)C)C2)nn1. The number of rotatable bonds is 5. The van der Waals surface area contributed by atoms with E-state index >= 15 is 0 Å². The van der Waals surface area contributed by atoms with Gasteiger partial charge >= 0.3 is 0 Å². The van der Waals surface area contributed by atoms with E-state index in [9.17, 15) is 0 Å². The van der Waals surface area contributed by atoms with Gasteiger partial charge in [-0.05, 0) is 30.4 Å². The molecule has 1 saturated heterocycles. The smallest absolute Gasteiger partial charge is 0.151 e. The quantitative estimate of drug-likeness (QED) is 0.885. The lowest BCUT2D eigenvalue weighted by molar-refractivity contribution is 0.422. The maximum Gasteiger partial charge on any atom is 0.151 e. The molecule has 1 atom stereocenters. The van der Waals surface area contributed by atoms with Crippen LogP contribution in [-0.2, 0) is 6.54 Å². The van der Waals surface area contributed by atoms with Crippen molar-refractivity contribution in [1.29, 1.82) is 0 Å². The van der Waals surface area contributed by atoms with Gasteiger partial charge in [0.05, 0.1) is 5.69 Å². The molecule has 1 fully saturated rings. The van der Waals surface area contributed by atoms with Gasteiger partial charge in [0.1, 0.15) is 0 Å². The molecule has 1 N–H and O–H groups in total. The first-order valence-corrected chi connectivity index (χ1v) is 7.37. The van der Waals surface area contributed by atoms with Gasteiger partial charge in [-0.25, -0.2) is 0 Å². The average molecular weight is 262 g/mol. The molecule has 0 aliphatic carbocycles. The molecule has 0 radical (unpaired) electrons. The van der Waals surface area contributed by atoms with Crippen LogP contribution in [0.2, 0.25) is 0 Å². The van der Waals surface area contributed by atoms with Gasteiger partial charge in [0, 0.05) is 25.7 Å². The molecule has 0 saturated carbocycles. The fourth-order valence-corrected chi connectivity index (χ4v) is 2.46. The second-order valence-electron chi connectivity index (χ2n) is 6.16. The van der Waals surface area contributed by atoms with Crippen LogP contribution in [0, 0.1) is 11.8 Å². The summed E-state index contributed by atoms with van der Waals surface area (Å²) in [6, 6.07) is 4.67. The van der Waals surface area contributed by atoms with Gasteiger partial charge in [0.25, 0.3) is 0 Å². The fourth-order valence-electron chi connectivity index (χ4n) is 2.46. The fraction of sp³-hybridized carbons (Fsp3) is 0.733. The van der Waals surface area contributed by atoms with Crippen LogP contribution in [-0.4, -0.2) is 29.3 Å². The molecule has 0 bridgehead atoms. The Kier molecular flexibility index (Phi) is 4.75. The average Bonchev–Trinajstić information content (AvgIpc) is 2.86. The monoisotopic (exact) mass is 262 g/mol. The van der Waals surface area contributed by atoms with E-state index in [1.807, 2.05) is 0 Å². The molecule has 1 unspecified atom stereocenters. The zero-order chi connectivity index (χ0) is 13.8. The van der Waals surface area contributed by atoms with Gasteiger partial charge < -0.3 is 10.2 Å². The molecule has 2 heterocycles. The molecule has 106 valence electrons. The Hall–Kier alpha value is -1.16.